The summed E-state index contributed by atoms with van der Waals surface area (Å²) in [5.74, 6) is 0.263. The maximum atomic E-state index is 12.3. The van der Waals surface area contributed by atoms with Gasteiger partial charge in [-0.3, -0.25) is 14.9 Å². The maximum absolute atomic E-state index is 12.3. The number of piperidine rings is 1. The van der Waals surface area contributed by atoms with E-state index in [0.29, 0.717) is 12.3 Å². The zero-order chi connectivity index (χ0) is 13.4. The molecule has 1 aromatic rings. The number of rotatable bonds is 2. The first-order valence-electron chi connectivity index (χ1n) is 6.73. The third kappa shape index (κ3) is 2.50. The molecule has 0 bridgehead atoms. The Morgan fingerprint density at radius 2 is 2.00 bits per heavy atom. The number of nitrogens with one attached hydrogen (secondary N) is 1. The Morgan fingerprint density at radius 1 is 1.26 bits per heavy atom. The molecule has 1 saturated heterocycles. The highest BCUT2D eigenvalue weighted by Crippen LogP contribution is 2.45. The van der Waals surface area contributed by atoms with Crippen LogP contribution in [0.25, 0.3) is 0 Å². The van der Waals surface area contributed by atoms with E-state index in [-0.39, 0.29) is 23.7 Å². The summed E-state index contributed by atoms with van der Waals surface area (Å²) in [7, 11) is 0. The molecule has 1 saturated carbocycles. The molecule has 1 aliphatic heterocycles. The lowest BCUT2D eigenvalue weighted by atomic mass is 9.75. The van der Waals surface area contributed by atoms with Crippen molar-refractivity contribution < 1.29 is 9.59 Å². The Hall–Kier alpha value is -0.680. The highest BCUT2D eigenvalue weighted by Gasteiger charge is 2.43. The van der Waals surface area contributed by atoms with Crippen LogP contribution in [-0.2, 0) is 9.59 Å². The Bertz CT molecular complexity index is 507. The van der Waals surface area contributed by atoms with E-state index < -0.39 is 0 Å². The molecule has 102 valence electrons. The maximum Gasteiger partial charge on any atom is 0.230 e. The van der Waals surface area contributed by atoms with E-state index in [0.717, 1.165) is 22.2 Å². The molecule has 1 aromatic heterocycles. The first kappa shape index (κ1) is 13.3. The third-order valence-corrected chi connectivity index (χ3v) is 6.30. The second-order valence-corrected chi connectivity index (χ2v) is 7.23. The van der Waals surface area contributed by atoms with Gasteiger partial charge in [0.05, 0.1) is 0 Å². The van der Waals surface area contributed by atoms with E-state index in [1.807, 2.05) is 11.4 Å². The number of amides is 2. The van der Waals surface area contributed by atoms with Gasteiger partial charge in [-0.05, 0) is 46.1 Å². The Balaban J connectivity index is 1.94. The molecule has 2 aliphatic rings. The summed E-state index contributed by atoms with van der Waals surface area (Å²) in [6, 6.07) is 2.00. The molecular weight excluding hydrogens is 326 g/mol. The third-order valence-electron chi connectivity index (χ3n) is 4.29. The molecule has 19 heavy (non-hydrogen) atoms. The molecule has 3 rings (SSSR count). The molecule has 0 radical (unpaired) electrons. The lowest BCUT2D eigenvalue weighted by Gasteiger charge is -2.33. The SMILES string of the molecule is O=C1CC(c2sccc2Br)C(C2CCCC2)C(=O)N1. The van der Waals surface area contributed by atoms with Crippen molar-refractivity contribution in [2.24, 2.45) is 11.8 Å². The fourth-order valence-electron chi connectivity index (χ4n) is 3.47. The van der Waals surface area contributed by atoms with Gasteiger partial charge in [-0.15, -0.1) is 11.3 Å². The molecule has 3 nitrogen and oxygen atoms in total. The van der Waals surface area contributed by atoms with Gasteiger partial charge in [-0.1, -0.05) is 12.8 Å². The van der Waals surface area contributed by atoms with Crippen molar-refractivity contribution in [3.8, 4) is 0 Å². The van der Waals surface area contributed by atoms with Gasteiger partial charge in [0.25, 0.3) is 0 Å². The van der Waals surface area contributed by atoms with Gasteiger partial charge in [0, 0.05) is 27.6 Å². The monoisotopic (exact) mass is 341 g/mol. The van der Waals surface area contributed by atoms with Crippen molar-refractivity contribution in [2.75, 3.05) is 0 Å². The number of carbonyl (C=O) groups excluding carboxylic acids is 2. The molecule has 1 aliphatic carbocycles. The topological polar surface area (TPSA) is 46.2 Å². The quantitative estimate of drug-likeness (QED) is 0.837. The van der Waals surface area contributed by atoms with Crippen molar-refractivity contribution in [3.63, 3.8) is 0 Å². The van der Waals surface area contributed by atoms with Gasteiger partial charge in [0.15, 0.2) is 0 Å². The molecule has 5 heteroatoms. The second kappa shape index (κ2) is 5.37. The first-order valence-corrected chi connectivity index (χ1v) is 8.40. The molecule has 2 amide bonds. The summed E-state index contributed by atoms with van der Waals surface area (Å²) in [4.78, 5) is 25.1. The van der Waals surface area contributed by atoms with E-state index in [1.54, 1.807) is 11.3 Å². The first-order chi connectivity index (χ1) is 9.16. The molecule has 2 heterocycles. The van der Waals surface area contributed by atoms with E-state index in [1.165, 1.54) is 12.8 Å². The van der Waals surface area contributed by atoms with Gasteiger partial charge in [-0.25, -0.2) is 0 Å². The summed E-state index contributed by atoms with van der Waals surface area (Å²) in [5, 5.41) is 4.55. The second-order valence-electron chi connectivity index (χ2n) is 5.43. The van der Waals surface area contributed by atoms with Crippen LogP contribution >= 0.6 is 27.3 Å². The average Bonchev–Trinajstić information content (AvgIpc) is 2.99. The van der Waals surface area contributed by atoms with E-state index in [2.05, 4.69) is 21.2 Å². The predicted molar refractivity (Wildman–Crippen MR) is 78.0 cm³/mol. The van der Waals surface area contributed by atoms with Crippen LogP contribution in [0, 0.1) is 11.8 Å². The predicted octanol–water partition coefficient (Wildman–Crippen LogP) is 3.45. The van der Waals surface area contributed by atoms with E-state index in [9.17, 15) is 9.59 Å². The van der Waals surface area contributed by atoms with Crippen molar-refractivity contribution in [2.45, 2.75) is 38.0 Å². The minimum Gasteiger partial charge on any atom is -0.296 e. The van der Waals surface area contributed by atoms with Gasteiger partial charge in [-0.2, -0.15) is 0 Å². The van der Waals surface area contributed by atoms with Crippen LogP contribution < -0.4 is 5.32 Å². The number of carbonyl (C=O) groups is 2. The highest BCUT2D eigenvalue weighted by molar-refractivity contribution is 9.10. The van der Waals surface area contributed by atoms with Crippen LogP contribution in [0.3, 0.4) is 0 Å². The number of thiophene rings is 1. The van der Waals surface area contributed by atoms with Crippen LogP contribution in [0.4, 0.5) is 0 Å². The largest absolute Gasteiger partial charge is 0.296 e. The number of hydrogen-bond acceptors (Lipinski definition) is 3. The summed E-state index contributed by atoms with van der Waals surface area (Å²) in [6.07, 6.45) is 5.09. The van der Waals surface area contributed by atoms with Crippen molar-refractivity contribution in [1.29, 1.82) is 0 Å². The average molecular weight is 342 g/mol. The Morgan fingerprint density at radius 3 is 2.63 bits per heavy atom. The number of hydrogen-bond donors (Lipinski definition) is 1. The smallest absolute Gasteiger partial charge is 0.230 e. The van der Waals surface area contributed by atoms with Crippen molar-refractivity contribution in [1.82, 2.24) is 5.32 Å². The van der Waals surface area contributed by atoms with Crippen LogP contribution in [0.5, 0.6) is 0 Å². The molecule has 2 atom stereocenters. The standard InChI is InChI=1S/C14H16BrNO2S/c15-10-5-6-19-13(10)9-7-11(17)16-14(18)12(9)8-3-1-2-4-8/h5-6,8-9,12H,1-4,7H2,(H,16,17,18). The fraction of sp³-hybridized carbons (Fsp3) is 0.571. The molecule has 2 unspecified atom stereocenters. The van der Waals surface area contributed by atoms with Crippen molar-refractivity contribution >= 4 is 39.1 Å². The number of halogens is 1. The Kier molecular flexibility index (Phi) is 3.76. The molecule has 0 spiro atoms. The zero-order valence-corrected chi connectivity index (χ0v) is 12.9. The summed E-state index contributed by atoms with van der Waals surface area (Å²) in [5.41, 5.74) is 0. The molecule has 0 aromatic carbocycles. The molecule has 2 fully saturated rings. The van der Waals surface area contributed by atoms with Crippen molar-refractivity contribution in [3.05, 3.63) is 20.8 Å². The van der Waals surface area contributed by atoms with Gasteiger partial charge < -0.3 is 0 Å². The zero-order valence-electron chi connectivity index (χ0n) is 10.5. The molecular formula is C14H16BrNO2S. The van der Waals surface area contributed by atoms with E-state index >= 15 is 0 Å². The highest BCUT2D eigenvalue weighted by atomic mass is 79.9. The fourth-order valence-corrected chi connectivity index (χ4v) is 5.28. The summed E-state index contributed by atoms with van der Waals surface area (Å²) < 4.78 is 1.04. The summed E-state index contributed by atoms with van der Waals surface area (Å²) >= 11 is 5.19. The van der Waals surface area contributed by atoms with Crippen LogP contribution in [0.2, 0.25) is 0 Å². The lowest BCUT2D eigenvalue weighted by molar-refractivity contribution is -0.138. The van der Waals surface area contributed by atoms with E-state index in [4.69, 9.17) is 0 Å². The van der Waals surface area contributed by atoms with Gasteiger partial charge in [0.2, 0.25) is 11.8 Å². The van der Waals surface area contributed by atoms with Gasteiger partial charge >= 0.3 is 0 Å². The lowest BCUT2D eigenvalue weighted by Crippen LogP contribution is -2.47. The van der Waals surface area contributed by atoms with Crippen LogP contribution in [0.1, 0.15) is 42.9 Å². The summed E-state index contributed by atoms with van der Waals surface area (Å²) in [6.45, 7) is 0. The normalized spacial score (nSPS) is 28.7. The number of imide groups is 1. The molecule has 1 N–H and O–H groups in total. The minimum absolute atomic E-state index is 0.0323. The van der Waals surface area contributed by atoms with Crippen LogP contribution in [0.15, 0.2) is 15.9 Å². The minimum atomic E-state index is -0.135. The Labute approximate surface area is 124 Å². The van der Waals surface area contributed by atoms with Crippen LogP contribution in [-0.4, -0.2) is 11.8 Å². The van der Waals surface area contributed by atoms with Gasteiger partial charge in [0.1, 0.15) is 0 Å².